The highest BCUT2D eigenvalue weighted by atomic mass is 16.7. The predicted molar refractivity (Wildman–Crippen MR) is 68.9 cm³/mol. The summed E-state index contributed by atoms with van der Waals surface area (Å²) in [5.74, 6) is -1.000. The van der Waals surface area contributed by atoms with Crippen LogP contribution in [0.5, 0.6) is 0 Å². The van der Waals surface area contributed by atoms with Crippen LogP contribution in [0, 0.1) is 10.8 Å². The molecule has 0 unspecified atom stereocenters. The first-order valence-electron chi connectivity index (χ1n) is 6.03. The summed E-state index contributed by atoms with van der Waals surface area (Å²) in [5.41, 5.74) is -1.93. The number of carbonyl (C=O) groups is 3. The Hall–Kier alpha value is -1.79. The van der Waals surface area contributed by atoms with Gasteiger partial charge < -0.3 is 18.9 Å². The monoisotopic (exact) mass is 290 g/mol. The van der Waals surface area contributed by atoms with Crippen molar-refractivity contribution in [2.45, 2.75) is 27.7 Å². The van der Waals surface area contributed by atoms with E-state index in [0.29, 0.717) is 0 Å². The average Bonchev–Trinajstić information content (AvgIpc) is 2.40. The quantitative estimate of drug-likeness (QED) is 0.541. The molecule has 0 bridgehead atoms. The van der Waals surface area contributed by atoms with E-state index in [1.807, 2.05) is 0 Å². The van der Waals surface area contributed by atoms with Crippen LogP contribution >= 0.6 is 0 Å². The van der Waals surface area contributed by atoms with Crippen molar-refractivity contribution in [1.29, 1.82) is 0 Å². The minimum atomic E-state index is -0.967. The van der Waals surface area contributed by atoms with Crippen molar-refractivity contribution in [3.63, 3.8) is 0 Å². The van der Waals surface area contributed by atoms with Crippen molar-refractivity contribution in [3.8, 4) is 0 Å². The van der Waals surface area contributed by atoms with E-state index in [0.717, 1.165) is 0 Å². The SMILES string of the molecule is COC(=O)C(C)(C)COC(=O)OCC(C)(C)C(=O)OC. The molecule has 7 heteroatoms. The number of methoxy groups -OCH3 is 2. The second-order valence-corrected chi connectivity index (χ2v) is 5.58. The Labute approximate surface area is 118 Å². The molecule has 0 rings (SSSR count). The van der Waals surface area contributed by atoms with E-state index in [4.69, 9.17) is 9.47 Å². The van der Waals surface area contributed by atoms with Gasteiger partial charge in [0.1, 0.15) is 13.2 Å². The Morgan fingerprint density at radius 1 is 0.750 bits per heavy atom. The molecule has 0 saturated heterocycles. The average molecular weight is 290 g/mol. The minimum absolute atomic E-state index is 0.183. The predicted octanol–water partition coefficient (Wildman–Crippen LogP) is 1.54. The highest BCUT2D eigenvalue weighted by Gasteiger charge is 2.33. The number of ether oxygens (including phenoxy) is 4. The molecule has 0 aromatic heterocycles. The van der Waals surface area contributed by atoms with E-state index in [9.17, 15) is 14.4 Å². The van der Waals surface area contributed by atoms with E-state index in [-0.39, 0.29) is 13.2 Å². The van der Waals surface area contributed by atoms with E-state index < -0.39 is 28.9 Å². The van der Waals surface area contributed by atoms with Crippen molar-refractivity contribution >= 4 is 18.1 Å². The van der Waals surface area contributed by atoms with E-state index in [1.54, 1.807) is 27.7 Å². The van der Waals surface area contributed by atoms with Crippen LogP contribution in [0.15, 0.2) is 0 Å². The molecule has 7 nitrogen and oxygen atoms in total. The van der Waals surface area contributed by atoms with Crippen LogP contribution < -0.4 is 0 Å². The lowest BCUT2D eigenvalue weighted by Crippen LogP contribution is -2.34. The molecule has 0 heterocycles. The molecular weight excluding hydrogens is 268 g/mol. The van der Waals surface area contributed by atoms with E-state index in [1.165, 1.54) is 14.2 Å². The largest absolute Gasteiger partial charge is 0.508 e. The summed E-state index contributed by atoms with van der Waals surface area (Å²) in [7, 11) is 2.50. The Balaban J connectivity index is 4.26. The first-order valence-corrected chi connectivity index (χ1v) is 6.03. The number of esters is 2. The third-order valence-corrected chi connectivity index (χ3v) is 2.58. The highest BCUT2D eigenvalue weighted by Crippen LogP contribution is 2.19. The summed E-state index contributed by atoms with van der Waals surface area (Å²) in [6, 6.07) is 0. The molecule has 0 fully saturated rings. The molecule has 0 aliphatic carbocycles. The molecule has 0 aliphatic heterocycles. The lowest BCUT2D eigenvalue weighted by atomic mass is 9.95. The first kappa shape index (κ1) is 18.2. The van der Waals surface area contributed by atoms with Crippen LogP contribution in [-0.2, 0) is 28.5 Å². The van der Waals surface area contributed by atoms with Crippen molar-refractivity contribution in [3.05, 3.63) is 0 Å². The van der Waals surface area contributed by atoms with Gasteiger partial charge in [0.05, 0.1) is 25.0 Å². The molecule has 0 N–H and O–H groups in total. The molecule has 0 aliphatic rings. The molecule has 116 valence electrons. The Bertz CT molecular complexity index is 337. The van der Waals surface area contributed by atoms with Gasteiger partial charge in [0.15, 0.2) is 0 Å². The maximum atomic E-state index is 11.4. The van der Waals surface area contributed by atoms with Crippen LogP contribution in [0.4, 0.5) is 4.79 Å². The fourth-order valence-electron chi connectivity index (χ4n) is 1.19. The van der Waals surface area contributed by atoms with Crippen molar-refractivity contribution < 1.29 is 33.3 Å². The van der Waals surface area contributed by atoms with E-state index >= 15 is 0 Å². The smallest absolute Gasteiger partial charge is 0.469 e. The third kappa shape index (κ3) is 5.46. The summed E-state index contributed by atoms with van der Waals surface area (Å²) in [6.07, 6.45) is -0.959. The molecular formula is C13H22O7. The Morgan fingerprint density at radius 3 is 1.30 bits per heavy atom. The van der Waals surface area contributed by atoms with Gasteiger partial charge in [-0.05, 0) is 27.7 Å². The fraction of sp³-hybridized carbons (Fsp3) is 0.769. The summed E-state index contributed by atoms with van der Waals surface area (Å²) >= 11 is 0. The molecule has 0 aromatic rings. The van der Waals surface area contributed by atoms with Crippen molar-refractivity contribution in [1.82, 2.24) is 0 Å². The van der Waals surface area contributed by atoms with Crippen LogP contribution in [-0.4, -0.2) is 45.5 Å². The first-order chi connectivity index (χ1) is 9.06. The van der Waals surface area contributed by atoms with Crippen LogP contribution in [0.25, 0.3) is 0 Å². The third-order valence-electron chi connectivity index (χ3n) is 2.58. The van der Waals surface area contributed by atoms with Gasteiger partial charge in [-0.1, -0.05) is 0 Å². The minimum Gasteiger partial charge on any atom is -0.469 e. The van der Waals surface area contributed by atoms with Gasteiger partial charge in [-0.25, -0.2) is 4.79 Å². The topological polar surface area (TPSA) is 88.1 Å². The molecule has 0 saturated carbocycles. The Kier molecular flexibility index (Phi) is 6.48. The number of hydrogen-bond acceptors (Lipinski definition) is 7. The molecule has 0 spiro atoms. The zero-order valence-electron chi connectivity index (χ0n) is 12.8. The number of hydrogen-bond donors (Lipinski definition) is 0. The number of rotatable bonds is 6. The summed E-state index contributed by atoms with van der Waals surface area (Å²) in [4.78, 5) is 34.2. The van der Waals surface area contributed by atoms with Gasteiger partial charge in [0.2, 0.25) is 0 Å². The molecule has 0 atom stereocenters. The normalized spacial score (nSPS) is 11.5. The van der Waals surface area contributed by atoms with Gasteiger partial charge in [-0.2, -0.15) is 0 Å². The summed E-state index contributed by atoms with van der Waals surface area (Å²) in [6.45, 7) is 5.93. The van der Waals surface area contributed by atoms with Crippen LogP contribution in [0.2, 0.25) is 0 Å². The zero-order chi connectivity index (χ0) is 16.0. The van der Waals surface area contributed by atoms with Crippen molar-refractivity contribution in [2.24, 2.45) is 10.8 Å². The van der Waals surface area contributed by atoms with Gasteiger partial charge >= 0.3 is 18.1 Å². The molecule has 20 heavy (non-hydrogen) atoms. The molecule has 0 aromatic carbocycles. The van der Waals surface area contributed by atoms with E-state index in [2.05, 4.69) is 9.47 Å². The maximum Gasteiger partial charge on any atom is 0.508 e. The lowest BCUT2D eigenvalue weighted by Gasteiger charge is -2.23. The standard InChI is InChI=1S/C13H22O7/c1-12(2,9(14)17-5)7-19-11(16)20-8-13(3,4)10(15)18-6/h7-8H2,1-6H3. The molecule has 0 amide bonds. The highest BCUT2D eigenvalue weighted by molar-refractivity contribution is 5.77. The van der Waals surface area contributed by atoms with Crippen molar-refractivity contribution in [2.75, 3.05) is 27.4 Å². The number of carbonyl (C=O) groups excluding carboxylic acids is 3. The Morgan fingerprint density at radius 2 is 1.05 bits per heavy atom. The summed E-state index contributed by atoms with van der Waals surface area (Å²) < 4.78 is 18.8. The lowest BCUT2D eigenvalue weighted by molar-refractivity contribution is -0.154. The second kappa shape index (κ2) is 7.12. The maximum absolute atomic E-state index is 11.4. The van der Waals surface area contributed by atoms with Gasteiger partial charge in [0.25, 0.3) is 0 Å². The van der Waals surface area contributed by atoms with Gasteiger partial charge in [-0.3, -0.25) is 9.59 Å². The zero-order valence-corrected chi connectivity index (χ0v) is 12.8. The summed E-state index contributed by atoms with van der Waals surface area (Å²) in [5, 5.41) is 0. The van der Waals surface area contributed by atoms with Crippen LogP contribution in [0.3, 0.4) is 0 Å². The second-order valence-electron chi connectivity index (χ2n) is 5.58. The molecule has 0 radical (unpaired) electrons. The van der Waals surface area contributed by atoms with Gasteiger partial charge in [-0.15, -0.1) is 0 Å². The fourth-order valence-corrected chi connectivity index (χ4v) is 1.19. The van der Waals surface area contributed by atoms with Crippen LogP contribution in [0.1, 0.15) is 27.7 Å². The van der Waals surface area contributed by atoms with Gasteiger partial charge in [0, 0.05) is 0 Å².